The van der Waals surface area contributed by atoms with Gasteiger partial charge in [-0.25, -0.2) is 4.98 Å². The first-order valence-electron chi connectivity index (χ1n) is 11.5. The van der Waals surface area contributed by atoms with Crippen molar-refractivity contribution in [3.63, 3.8) is 0 Å². The number of ether oxygens (including phenoxy) is 1. The van der Waals surface area contributed by atoms with E-state index in [0.29, 0.717) is 0 Å². The Morgan fingerprint density at radius 1 is 1.28 bits per heavy atom. The number of fused-ring (bicyclic) bond motifs is 1. The minimum Gasteiger partial charge on any atom is -0.373 e. The molecule has 5 heterocycles. The third-order valence-corrected chi connectivity index (χ3v) is 7.47. The predicted molar refractivity (Wildman–Crippen MR) is 127 cm³/mol. The number of aromatic nitrogens is 3. The molecule has 32 heavy (non-hydrogen) atoms. The monoisotopic (exact) mass is 453 g/mol. The highest BCUT2D eigenvalue weighted by atomic mass is 32.1. The fourth-order valence-electron chi connectivity index (χ4n) is 5.34. The summed E-state index contributed by atoms with van der Waals surface area (Å²) in [4.78, 5) is 24.4. The minimum absolute atomic E-state index is 0.100. The maximum absolute atomic E-state index is 13.9. The van der Waals surface area contributed by atoms with Crippen molar-refractivity contribution in [2.24, 2.45) is 7.05 Å². The van der Waals surface area contributed by atoms with Crippen molar-refractivity contribution in [2.45, 2.75) is 51.9 Å². The molecule has 3 atom stereocenters. The van der Waals surface area contributed by atoms with E-state index in [0.717, 1.165) is 71.9 Å². The van der Waals surface area contributed by atoms with E-state index in [9.17, 15) is 4.79 Å². The molecule has 0 aromatic carbocycles. The third-order valence-electron chi connectivity index (χ3n) is 6.57. The van der Waals surface area contributed by atoms with E-state index < -0.39 is 0 Å². The van der Waals surface area contributed by atoms with E-state index in [-0.39, 0.29) is 24.2 Å². The number of amides is 1. The van der Waals surface area contributed by atoms with Gasteiger partial charge >= 0.3 is 0 Å². The molecular formula is C24H31N5O2S. The fourth-order valence-corrected chi connectivity index (χ4v) is 6.03. The Hall–Kier alpha value is -2.29. The van der Waals surface area contributed by atoms with Crippen LogP contribution in [0.4, 0.5) is 0 Å². The normalized spacial score (nSPS) is 24.5. The number of hydrogen-bond donors (Lipinski definition) is 0. The van der Waals surface area contributed by atoms with E-state index in [1.54, 1.807) is 16.0 Å². The number of morpholine rings is 1. The number of rotatable bonds is 4. The van der Waals surface area contributed by atoms with E-state index in [4.69, 9.17) is 9.72 Å². The molecule has 0 bridgehead atoms. The lowest BCUT2D eigenvalue weighted by molar-refractivity contribution is -0.0715. The zero-order valence-corrected chi connectivity index (χ0v) is 20.1. The maximum Gasteiger partial charge on any atom is 0.255 e. The van der Waals surface area contributed by atoms with Crippen LogP contribution in [0.25, 0.3) is 21.6 Å². The van der Waals surface area contributed by atoms with E-state index >= 15 is 0 Å². The SMILES string of the molecule is Cc1nn(C)c2nc(-c3cccs3)cc(C(=O)N3CCCC3CN3CC(C)OC(C)C3)c12. The van der Waals surface area contributed by atoms with Crippen molar-refractivity contribution in [3.8, 4) is 10.6 Å². The molecule has 8 heteroatoms. The van der Waals surface area contributed by atoms with Gasteiger partial charge in [-0.05, 0) is 51.1 Å². The van der Waals surface area contributed by atoms with E-state index in [1.807, 2.05) is 31.5 Å². The van der Waals surface area contributed by atoms with Crippen LogP contribution in [0.15, 0.2) is 23.6 Å². The number of carbonyl (C=O) groups is 1. The Morgan fingerprint density at radius 3 is 2.78 bits per heavy atom. The number of aryl methyl sites for hydroxylation is 2. The number of hydrogen-bond acceptors (Lipinski definition) is 6. The number of nitrogens with zero attached hydrogens (tertiary/aromatic N) is 5. The van der Waals surface area contributed by atoms with Crippen LogP contribution in [-0.2, 0) is 11.8 Å². The van der Waals surface area contributed by atoms with Gasteiger partial charge in [0.15, 0.2) is 5.65 Å². The molecule has 2 aliphatic rings. The fraction of sp³-hybridized carbons (Fsp3) is 0.542. The van der Waals surface area contributed by atoms with Crippen LogP contribution in [-0.4, -0.2) is 74.9 Å². The molecule has 2 saturated heterocycles. The second kappa shape index (κ2) is 8.57. The molecule has 3 aromatic heterocycles. The summed E-state index contributed by atoms with van der Waals surface area (Å²) in [5.74, 6) is 0.100. The first-order valence-corrected chi connectivity index (χ1v) is 12.4. The summed E-state index contributed by atoms with van der Waals surface area (Å²) < 4.78 is 7.69. The van der Waals surface area contributed by atoms with Gasteiger partial charge in [0.2, 0.25) is 0 Å². The molecule has 3 aromatic rings. The molecule has 2 aliphatic heterocycles. The Balaban J connectivity index is 1.48. The summed E-state index contributed by atoms with van der Waals surface area (Å²) in [5.41, 5.74) is 3.18. The first-order chi connectivity index (χ1) is 15.4. The molecule has 2 fully saturated rings. The van der Waals surface area contributed by atoms with Crippen LogP contribution in [0.2, 0.25) is 0 Å². The second-order valence-electron chi connectivity index (χ2n) is 9.21. The maximum atomic E-state index is 13.9. The van der Waals surface area contributed by atoms with Crippen LogP contribution in [0.5, 0.6) is 0 Å². The summed E-state index contributed by atoms with van der Waals surface area (Å²) >= 11 is 1.64. The summed E-state index contributed by atoms with van der Waals surface area (Å²) in [6, 6.07) is 6.27. The number of pyridine rings is 1. The smallest absolute Gasteiger partial charge is 0.255 e. The molecule has 0 N–H and O–H groups in total. The standard InChI is InChI=1S/C24H31N5O2S/c1-15-12-28(13-16(2)31-15)14-18-7-5-9-29(18)24(30)19-11-20(21-8-6-10-32-21)25-23-22(19)17(3)26-27(23)4/h6,8,10-11,15-16,18H,5,7,9,12-14H2,1-4H3. The number of likely N-dealkylation sites (tertiary alicyclic amines) is 1. The van der Waals surface area contributed by atoms with E-state index in [2.05, 4.69) is 34.8 Å². The zero-order chi connectivity index (χ0) is 22.4. The molecule has 5 rings (SSSR count). The topological polar surface area (TPSA) is 63.5 Å². The van der Waals surface area contributed by atoms with Gasteiger partial charge in [0.05, 0.1) is 39.4 Å². The predicted octanol–water partition coefficient (Wildman–Crippen LogP) is 3.72. The lowest BCUT2D eigenvalue weighted by Crippen LogP contribution is -2.51. The third kappa shape index (κ3) is 3.95. The van der Waals surface area contributed by atoms with Crippen molar-refractivity contribution < 1.29 is 9.53 Å². The van der Waals surface area contributed by atoms with Gasteiger partial charge in [0, 0.05) is 39.3 Å². The largest absolute Gasteiger partial charge is 0.373 e. The highest BCUT2D eigenvalue weighted by molar-refractivity contribution is 7.13. The first kappa shape index (κ1) is 21.6. The molecular weight excluding hydrogens is 422 g/mol. The van der Waals surface area contributed by atoms with Gasteiger partial charge in [0.25, 0.3) is 5.91 Å². The second-order valence-corrected chi connectivity index (χ2v) is 10.2. The van der Waals surface area contributed by atoms with Crippen molar-refractivity contribution >= 4 is 28.3 Å². The quantitative estimate of drug-likeness (QED) is 0.603. The highest BCUT2D eigenvalue weighted by Gasteiger charge is 2.34. The van der Waals surface area contributed by atoms with Gasteiger partial charge in [0.1, 0.15) is 0 Å². The summed E-state index contributed by atoms with van der Waals surface area (Å²) in [6.07, 6.45) is 2.55. The lowest BCUT2D eigenvalue weighted by atomic mass is 10.1. The van der Waals surface area contributed by atoms with Crippen molar-refractivity contribution in [1.82, 2.24) is 24.6 Å². The summed E-state index contributed by atoms with van der Waals surface area (Å²) in [5, 5.41) is 7.49. The van der Waals surface area contributed by atoms with Crippen LogP contribution < -0.4 is 0 Å². The molecule has 0 saturated carbocycles. The Bertz CT molecular complexity index is 1120. The van der Waals surface area contributed by atoms with Gasteiger partial charge in [-0.15, -0.1) is 11.3 Å². The van der Waals surface area contributed by atoms with Crippen molar-refractivity contribution in [1.29, 1.82) is 0 Å². The van der Waals surface area contributed by atoms with Gasteiger partial charge in [-0.2, -0.15) is 5.10 Å². The summed E-state index contributed by atoms with van der Waals surface area (Å²) in [7, 11) is 1.90. The summed E-state index contributed by atoms with van der Waals surface area (Å²) in [6.45, 7) is 9.78. The molecule has 0 aliphatic carbocycles. The molecule has 0 radical (unpaired) electrons. The molecule has 7 nitrogen and oxygen atoms in total. The zero-order valence-electron chi connectivity index (χ0n) is 19.2. The molecule has 3 unspecified atom stereocenters. The Labute approximate surface area is 193 Å². The highest BCUT2D eigenvalue weighted by Crippen LogP contribution is 2.31. The van der Waals surface area contributed by atoms with Gasteiger partial charge in [-0.3, -0.25) is 14.4 Å². The average molecular weight is 454 g/mol. The van der Waals surface area contributed by atoms with Crippen LogP contribution in [0.3, 0.4) is 0 Å². The van der Waals surface area contributed by atoms with Crippen LogP contribution in [0.1, 0.15) is 42.7 Å². The van der Waals surface area contributed by atoms with Gasteiger partial charge < -0.3 is 9.64 Å². The van der Waals surface area contributed by atoms with Crippen LogP contribution in [0, 0.1) is 6.92 Å². The molecule has 1 amide bonds. The van der Waals surface area contributed by atoms with Crippen molar-refractivity contribution in [3.05, 3.63) is 34.8 Å². The van der Waals surface area contributed by atoms with E-state index in [1.165, 1.54) is 0 Å². The van der Waals surface area contributed by atoms with Gasteiger partial charge in [-0.1, -0.05) is 6.07 Å². The lowest BCUT2D eigenvalue weighted by Gasteiger charge is -2.38. The molecule has 0 spiro atoms. The number of thiophene rings is 1. The average Bonchev–Trinajstić information content (AvgIpc) is 3.48. The van der Waals surface area contributed by atoms with Crippen molar-refractivity contribution in [2.75, 3.05) is 26.2 Å². The minimum atomic E-state index is 0.100. The Morgan fingerprint density at radius 2 is 2.06 bits per heavy atom. The Kier molecular flexibility index (Phi) is 5.77. The molecule has 170 valence electrons. The van der Waals surface area contributed by atoms with Crippen LogP contribution >= 0.6 is 11.3 Å². The number of carbonyl (C=O) groups excluding carboxylic acids is 1.